The number of likely N-dealkylation sites (tertiary alicyclic amines) is 1. The van der Waals surface area contributed by atoms with Crippen LogP contribution < -0.4 is 5.32 Å². The van der Waals surface area contributed by atoms with Gasteiger partial charge in [0, 0.05) is 41.5 Å². The highest BCUT2D eigenvalue weighted by Crippen LogP contribution is 2.37. The summed E-state index contributed by atoms with van der Waals surface area (Å²) in [4.78, 5) is 5.29. The summed E-state index contributed by atoms with van der Waals surface area (Å²) in [5.41, 5.74) is 0.807. The van der Waals surface area contributed by atoms with Crippen molar-refractivity contribution >= 4 is 17.0 Å². The maximum atomic E-state index is 13.3. The zero-order chi connectivity index (χ0) is 16.6. The molecule has 2 saturated heterocycles. The van der Waals surface area contributed by atoms with E-state index < -0.39 is 0 Å². The van der Waals surface area contributed by atoms with Gasteiger partial charge in [-0.15, -0.1) is 11.3 Å². The average molecular weight is 346 g/mol. The van der Waals surface area contributed by atoms with Crippen molar-refractivity contribution in [2.24, 2.45) is 0 Å². The molecule has 0 amide bonds. The lowest BCUT2D eigenvalue weighted by atomic mass is 9.97. The van der Waals surface area contributed by atoms with Gasteiger partial charge in [0.15, 0.2) is 0 Å². The third-order valence-corrected chi connectivity index (χ3v) is 5.96. The van der Waals surface area contributed by atoms with Gasteiger partial charge in [0.25, 0.3) is 0 Å². The van der Waals surface area contributed by atoms with E-state index in [0.717, 1.165) is 38.2 Å². The van der Waals surface area contributed by atoms with Gasteiger partial charge in [0.05, 0.1) is 18.2 Å². The molecule has 1 aromatic heterocycles. The summed E-state index contributed by atoms with van der Waals surface area (Å²) < 4.78 is 19.5. The number of benzene rings is 1. The van der Waals surface area contributed by atoms with E-state index in [9.17, 15) is 4.39 Å². The molecule has 128 valence electrons. The van der Waals surface area contributed by atoms with Crippen LogP contribution >= 0.6 is 11.3 Å². The summed E-state index contributed by atoms with van der Waals surface area (Å²) in [5, 5.41) is 3.42. The number of ether oxygens (including phenoxy) is 1. The van der Waals surface area contributed by atoms with Gasteiger partial charge >= 0.3 is 0 Å². The average Bonchev–Trinajstić information content (AvgIpc) is 3.23. The van der Waals surface area contributed by atoms with Crippen molar-refractivity contribution in [2.75, 3.05) is 25.0 Å². The van der Waals surface area contributed by atoms with E-state index in [0.29, 0.717) is 6.61 Å². The first-order valence-electron chi connectivity index (χ1n) is 8.54. The van der Waals surface area contributed by atoms with E-state index in [4.69, 9.17) is 4.74 Å². The second kappa shape index (κ2) is 6.47. The maximum absolute atomic E-state index is 13.3. The zero-order valence-electron chi connectivity index (χ0n) is 13.9. The Bertz CT molecular complexity index is 719. The molecule has 2 fully saturated rings. The largest absolute Gasteiger partial charge is 0.380 e. The second-order valence-electron chi connectivity index (χ2n) is 7.02. The molecule has 1 aromatic carbocycles. The molecular weight excluding hydrogens is 323 g/mol. The molecule has 1 N–H and O–H groups in total. The molecule has 0 radical (unpaired) electrons. The topological polar surface area (TPSA) is 24.5 Å². The highest BCUT2D eigenvalue weighted by molar-refractivity contribution is 7.11. The number of aryl methyl sites for hydroxylation is 1. The number of thiophene rings is 1. The molecule has 5 heteroatoms. The highest BCUT2D eigenvalue weighted by Gasteiger charge is 2.45. The van der Waals surface area contributed by atoms with Crippen LogP contribution in [0.2, 0.25) is 0 Å². The Labute approximate surface area is 146 Å². The number of rotatable bonds is 4. The Hall–Kier alpha value is -1.43. The molecule has 24 heavy (non-hydrogen) atoms. The van der Waals surface area contributed by atoms with E-state index in [-0.39, 0.29) is 17.5 Å². The van der Waals surface area contributed by atoms with Gasteiger partial charge in [-0.05, 0) is 43.7 Å². The summed E-state index contributed by atoms with van der Waals surface area (Å²) in [5.74, 6) is -0.202. The molecule has 2 aromatic rings. The molecule has 0 bridgehead atoms. The van der Waals surface area contributed by atoms with Gasteiger partial charge in [-0.25, -0.2) is 4.39 Å². The lowest BCUT2D eigenvalue weighted by Crippen LogP contribution is -2.33. The Kier molecular flexibility index (Phi) is 4.33. The van der Waals surface area contributed by atoms with E-state index in [2.05, 4.69) is 29.3 Å². The highest BCUT2D eigenvalue weighted by atomic mass is 32.1. The molecule has 2 unspecified atom stereocenters. The number of nitrogens with one attached hydrogen (secondary N) is 1. The third kappa shape index (κ3) is 3.48. The molecule has 0 saturated carbocycles. The molecule has 3 heterocycles. The Morgan fingerprint density at radius 2 is 2.29 bits per heavy atom. The summed E-state index contributed by atoms with van der Waals surface area (Å²) in [6, 6.07) is 11.4. The van der Waals surface area contributed by atoms with Gasteiger partial charge in [-0.3, -0.25) is 4.90 Å². The number of hydrogen-bond acceptors (Lipinski definition) is 4. The van der Waals surface area contributed by atoms with E-state index in [1.165, 1.54) is 15.8 Å². The van der Waals surface area contributed by atoms with Crippen LogP contribution in [0.5, 0.6) is 0 Å². The smallest absolute Gasteiger partial charge is 0.125 e. The summed E-state index contributed by atoms with van der Waals surface area (Å²) in [7, 11) is 0. The Morgan fingerprint density at radius 3 is 3.08 bits per heavy atom. The predicted octanol–water partition coefficient (Wildman–Crippen LogP) is 4.04. The summed E-state index contributed by atoms with van der Waals surface area (Å²) >= 11 is 1.88. The van der Waals surface area contributed by atoms with Crippen molar-refractivity contribution in [1.29, 1.82) is 0 Å². The fourth-order valence-electron chi connectivity index (χ4n) is 3.89. The van der Waals surface area contributed by atoms with Gasteiger partial charge in [-0.1, -0.05) is 6.07 Å². The number of halogens is 1. The van der Waals surface area contributed by atoms with Crippen LogP contribution in [-0.2, 0) is 11.3 Å². The minimum atomic E-state index is -0.202. The first kappa shape index (κ1) is 16.1. The molecule has 1 spiro atoms. The molecule has 3 nitrogen and oxygen atoms in total. The number of hydrogen-bond donors (Lipinski definition) is 1. The predicted molar refractivity (Wildman–Crippen MR) is 96.1 cm³/mol. The van der Waals surface area contributed by atoms with Crippen molar-refractivity contribution in [3.05, 3.63) is 52.0 Å². The normalized spacial score (nSPS) is 27.2. The fraction of sp³-hybridized carbons (Fsp3) is 0.474. The number of nitrogens with zero attached hydrogens (tertiary/aromatic N) is 1. The van der Waals surface area contributed by atoms with Crippen LogP contribution in [0.3, 0.4) is 0 Å². The van der Waals surface area contributed by atoms with Gasteiger partial charge < -0.3 is 10.1 Å². The van der Waals surface area contributed by atoms with Gasteiger partial charge in [-0.2, -0.15) is 0 Å². The van der Waals surface area contributed by atoms with E-state index in [1.807, 2.05) is 17.4 Å². The van der Waals surface area contributed by atoms with Crippen LogP contribution in [0, 0.1) is 12.7 Å². The van der Waals surface area contributed by atoms with Crippen molar-refractivity contribution in [2.45, 2.75) is 38.0 Å². The van der Waals surface area contributed by atoms with Crippen LogP contribution in [0.15, 0.2) is 36.4 Å². The quantitative estimate of drug-likeness (QED) is 0.904. The molecule has 4 rings (SSSR count). The maximum Gasteiger partial charge on any atom is 0.125 e. The fourth-order valence-corrected chi connectivity index (χ4v) is 4.82. The lowest BCUT2D eigenvalue weighted by molar-refractivity contribution is 0.0120. The molecule has 2 aliphatic heterocycles. The summed E-state index contributed by atoms with van der Waals surface area (Å²) in [6.07, 6.45) is 2.07. The standard InChI is InChI=1S/C19H23FN2OS/c1-14-5-6-18(24-14)11-22-8-7-19(13-22)10-17(12-23-19)21-16-4-2-3-15(20)9-16/h2-6,9,17,21H,7-8,10-13H2,1H3. The van der Waals surface area contributed by atoms with Crippen molar-refractivity contribution in [1.82, 2.24) is 4.90 Å². The molecule has 0 aliphatic carbocycles. The van der Waals surface area contributed by atoms with E-state index >= 15 is 0 Å². The van der Waals surface area contributed by atoms with Crippen molar-refractivity contribution < 1.29 is 9.13 Å². The zero-order valence-corrected chi connectivity index (χ0v) is 14.7. The molecular formula is C19H23FN2OS. The second-order valence-corrected chi connectivity index (χ2v) is 8.40. The molecule has 2 aliphatic rings. The van der Waals surface area contributed by atoms with Gasteiger partial charge in [0.1, 0.15) is 5.82 Å². The SMILES string of the molecule is Cc1ccc(CN2CCC3(CC(Nc4cccc(F)c4)CO3)C2)s1. The monoisotopic (exact) mass is 346 g/mol. The molecule has 2 atom stereocenters. The van der Waals surface area contributed by atoms with Crippen LogP contribution in [0.25, 0.3) is 0 Å². The van der Waals surface area contributed by atoms with Gasteiger partial charge in [0.2, 0.25) is 0 Å². The minimum Gasteiger partial charge on any atom is -0.380 e. The lowest BCUT2D eigenvalue weighted by Gasteiger charge is -2.23. The minimum absolute atomic E-state index is 0.0305. The van der Waals surface area contributed by atoms with Crippen LogP contribution in [0.1, 0.15) is 22.6 Å². The van der Waals surface area contributed by atoms with Crippen LogP contribution in [-0.4, -0.2) is 36.2 Å². The van der Waals surface area contributed by atoms with Crippen molar-refractivity contribution in [3.8, 4) is 0 Å². The Morgan fingerprint density at radius 1 is 1.38 bits per heavy atom. The van der Waals surface area contributed by atoms with E-state index in [1.54, 1.807) is 12.1 Å². The van der Waals surface area contributed by atoms with Crippen molar-refractivity contribution in [3.63, 3.8) is 0 Å². The first-order valence-corrected chi connectivity index (χ1v) is 9.36. The Balaban J connectivity index is 1.34. The third-order valence-electron chi connectivity index (χ3n) is 4.98. The van der Waals surface area contributed by atoms with Crippen LogP contribution in [0.4, 0.5) is 10.1 Å². The number of anilines is 1. The summed E-state index contributed by atoms with van der Waals surface area (Å²) in [6.45, 7) is 5.95. The first-order chi connectivity index (χ1) is 11.6.